The van der Waals surface area contributed by atoms with E-state index in [0.29, 0.717) is 0 Å². The molecule has 0 fully saturated rings. The third-order valence-corrected chi connectivity index (χ3v) is 3.48. The second kappa shape index (κ2) is 5.95. The van der Waals surface area contributed by atoms with Gasteiger partial charge in [0.05, 0.1) is 0 Å². The molecule has 0 radical (unpaired) electrons. The van der Waals surface area contributed by atoms with Gasteiger partial charge in [-0.1, -0.05) is 44.2 Å². The minimum absolute atomic E-state index is 0.748. The first-order valence-electron chi connectivity index (χ1n) is 6.16. The summed E-state index contributed by atoms with van der Waals surface area (Å²) in [4.78, 5) is 0. The Morgan fingerprint density at radius 3 is 2.80 bits per heavy atom. The normalized spacial score (nSPS) is 26.7. The second-order valence-electron chi connectivity index (χ2n) is 4.72. The molecule has 0 saturated carbocycles. The minimum atomic E-state index is 0.748. The van der Waals surface area contributed by atoms with Crippen molar-refractivity contribution in [2.75, 3.05) is 0 Å². The minimum Gasteiger partial charge on any atom is -0.0958 e. The summed E-state index contributed by atoms with van der Waals surface area (Å²) in [5.41, 5.74) is 2.67. The monoisotopic (exact) mass is 204 g/mol. The SMILES string of the molecule is C=C(C)C(=CCC1CCC=CC1C)CC. The van der Waals surface area contributed by atoms with Crippen LogP contribution < -0.4 is 0 Å². The van der Waals surface area contributed by atoms with Crippen molar-refractivity contribution in [3.05, 3.63) is 36.0 Å². The third kappa shape index (κ3) is 3.70. The van der Waals surface area contributed by atoms with Gasteiger partial charge in [-0.05, 0) is 50.0 Å². The van der Waals surface area contributed by atoms with Crippen molar-refractivity contribution in [1.82, 2.24) is 0 Å². The van der Waals surface area contributed by atoms with Crippen LogP contribution in [-0.4, -0.2) is 0 Å². The van der Waals surface area contributed by atoms with E-state index in [9.17, 15) is 0 Å². The number of rotatable bonds is 4. The zero-order chi connectivity index (χ0) is 11.3. The molecule has 2 atom stereocenters. The second-order valence-corrected chi connectivity index (χ2v) is 4.72. The van der Waals surface area contributed by atoms with E-state index in [0.717, 1.165) is 18.3 Å². The molecule has 0 spiro atoms. The van der Waals surface area contributed by atoms with Gasteiger partial charge in [0.1, 0.15) is 0 Å². The van der Waals surface area contributed by atoms with Crippen LogP contribution >= 0.6 is 0 Å². The molecule has 0 aromatic heterocycles. The Bertz CT molecular complexity index is 268. The Morgan fingerprint density at radius 1 is 1.53 bits per heavy atom. The third-order valence-electron chi connectivity index (χ3n) is 3.48. The molecule has 0 nitrogen and oxygen atoms in total. The molecule has 0 bridgehead atoms. The van der Waals surface area contributed by atoms with Gasteiger partial charge in [0.2, 0.25) is 0 Å². The molecule has 84 valence electrons. The molecule has 1 rings (SSSR count). The Kier molecular flexibility index (Phi) is 4.87. The predicted molar refractivity (Wildman–Crippen MR) is 68.8 cm³/mol. The van der Waals surface area contributed by atoms with E-state index < -0.39 is 0 Å². The van der Waals surface area contributed by atoms with Crippen LogP contribution in [0.4, 0.5) is 0 Å². The quantitative estimate of drug-likeness (QED) is 0.452. The lowest BCUT2D eigenvalue weighted by atomic mass is 9.82. The van der Waals surface area contributed by atoms with Gasteiger partial charge in [-0.3, -0.25) is 0 Å². The Hall–Kier alpha value is -0.780. The van der Waals surface area contributed by atoms with Crippen molar-refractivity contribution < 1.29 is 0 Å². The first kappa shape index (κ1) is 12.3. The van der Waals surface area contributed by atoms with Crippen LogP contribution in [0.25, 0.3) is 0 Å². The smallest absolute Gasteiger partial charge is 0.0231 e. The molecule has 0 aromatic rings. The van der Waals surface area contributed by atoms with Crippen LogP contribution in [-0.2, 0) is 0 Å². The predicted octanol–water partition coefficient (Wildman–Crippen LogP) is 4.89. The fourth-order valence-corrected chi connectivity index (χ4v) is 2.29. The van der Waals surface area contributed by atoms with Crippen molar-refractivity contribution in [1.29, 1.82) is 0 Å². The van der Waals surface area contributed by atoms with E-state index in [1.165, 1.54) is 30.4 Å². The van der Waals surface area contributed by atoms with E-state index in [4.69, 9.17) is 0 Å². The molecule has 0 saturated heterocycles. The van der Waals surface area contributed by atoms with E-state index in [1.54, 1.807) is 0 Å². The molecule has 0 aromatic carbocycles. The highest BCUT2D eigenvalue weighted by Gasteiger charge is 2.16. The van der Waals surface area contributed by atoms with E-state index in [2.05, 4.69) is 45.6 Å². The van der Waals surface area contributed by atoms with Gasteiger partial charge in [0.25, 0.3) is 0 Å². The lowest BCUT2D eigenvalue weighted by Gasteiger charge is -2.23. The summed E-state index contributed by atoms with van der Waals surface area (Å²) in [7, 11) is 0. The van der Waals surface area contributed by atoms with Gasteiger partial charge in [-0.25, -0.2) is 0 Å². The highest BCUT2D eigenvalue weighted by molar-refractivity contribution is 5.25. The average molecular weight is 204 g/mol. The molecule has 0 amide bonds. The molecule has 15 heavy (non-hydrogen) atoms. The fraction of sp³-hybridized carbons (Fsp3) is 0.600. The van der Waals surface area contributed by atoms with Gasteiger partial charge in [-0.2, -0.15) is 0 Å². The summed E-state index contributed by atoms with van der Waals surface area (Å²) < 4.78 is 0. The largest absolute Gasteiger partial charge is 0.0958 e. The lowest BCUT2D eigenvalue weighted by molar-refractivity contribution is 0.381. The summed E-state index contributed by atoms with van der Waals surface area (Å²) in [6.07, 6.45) is 12.0. The van der Waals surface area contributed by atoms with Crippen molar-refractivity contribution in [3.8, 4) is 0 Å². The zero-order valence-corrected chi connectivity index (χ0v) is 10.4. The van der Waals surface area contributed by atoms with Crippen molar-refractivity contribution in [3.63, 3.8) is 0 Å². The average Bonchev–Trinajstić information content (AvgIpc) is 2.21. The van der Waals surface area contributed by atoms with Crippen molar-refractivity contribution in [2.24, 2.45) is 11.8 Å². The van der Waals surface area contributed by atoms with Gasteiger partial charge in [-0.15, -0.1) is 0 Å². The van der Waals surface area contributed by atoms with Crippen LogP contribution in [0.2, 0.25) is 0 Å². The Balaban J connectivity index is 2.54. The first-order valence-corrected chi connectivity index (χ1v) is 6.16. The fourth-order valence-electron chi connectivity index (χ4n) is 2.29. The first-order chi connectivity index (χ1) is 7.15. The summed E-state index contributed by atoms with van der Waals surface area (Å²) >= 11 is 0. The van der Waals surface area contributed by atoms with Crippen LogP contribution in [0.15, 0.2) is 36.0 Å². The summed E-state index contributed by atoms with van der Waals surface area (Å²) in [5.74, 6) is 1.59. The maximum Gasteiger partial charge on any atom is -0.0231 e. The highest BCUT2D eigenvalue weighted by atomic mass is 14.2. The zero-order valence-electron chi connectivity index (χ0n) is 10.4. The summed E-state index contributed by atoms with van der Waals surface area (Å²) in [5, 5.41) is 0. The van der Waals surface area contributed by atoms with E-state index in [-0.39, 0.29) is 0 Å². The number of hydrogen-bond donors (Lipinski definition) is 0. The van der Waals surface area contributed by atoms with Gasteiger partial charge in [0, 0.05) is 0 Å². The van der Waals surface area contributed by atoms with Gasteiger partial charge in [0.15, 0.2) is 0 Å². The molecule has 2 unspecified atom stereocenters. The number of hydrogen-bond acceptors (Lipinski definition) is 0. The maximum absolute atomic E-state index is 4.03. The van der Waals surface area contributed by atoms with Crippen LogP contribution in [0, 0.1) is 11.8 Å². The van der Waals surface area contributed by atoms with E-state index >= 15 is 0 Å². The Labute approximate surface area is 94.8 Å². The van der Waals surface area contributed by atoms with Crippen LogP contribution in [0.3, 0.4) is 0 Å². The van der Waals surface area contributed by atoms with Crippen LogP contribution in [0.1, 0.15) is 46.5 Å². The maximum atomic E-state index is 4.03. The topological polar surface area (TPSA) is 0 Å². The van der Waals surface area contributed by atoms with Gasteiger partial charge >= 0.3 is 0 Å². The molecular weight excluding hydrogens is 180 g/mol. The molecule has 0 aliphatic heterocycles. The molecule has 1 aliphatic rings. The molecule has 0 heterocycles. The molecule has 0 N–H and O–H groups in total. The summed E-state index contributed by atoms with van der Waals surface area (Å²) in [6, 6.07) is 0. The lowest BCUT2D eigenvalue weighted by Crippen LogP contribution is -2.12. The van der Waals surface area contributed by atoms with Crippen LogP contribution in [0.5, 0.6) is 0 Å². The standard InChI is InChI=1S/C15H24/c1-5-14(12(2)3)10-11-15-9-7-6-8-13(15)4/h6,8,10,13,15H,2,5,7,9,11H2,1,3-4H3. The summed E-state index contributed by atoms with van der Waals surface area (Å²) in [6.45, 7) is 10.7. The van der Waals surface area contributed by atoms with E-state index in [1.807, 2.05) is 0 Å². The highest BCUT2D eigenvalue weighted by Crippen LogP contribution is 2.28. The van der Waals surface area contributed by atoms with Crippen molar-refractivity contribution >= 4 is 0 Å². The van der Waals surface area contributed by atoms with Gasteiger partial charge < -0.3 is 0 Å². The number of allylic oxidation sites excluding steroid dienone is 5. The molecular formula is C15H24. The van der Waals surface area contributed by atoms with Crippen molar-refractivity contribution in [2.45, 2.75) is 46.5 Å². The molecule has 1 aliphatic carbocycles. The Morgan fingerprint density at radius 2 is 2.27 bits per heavy atom. The molecule has 0 heteroatoms.